The van der Waals surface area contributed by atoms with E-state index in [0.717, 1.165) is 10.9 Å². The average molecular weight is 366 g/mol. The SMILES string of the molecule is CC(C)(C[C@@H](c1ccccc1)c1ccc(Br)cc1)S(N)=O. The highest BCUT2D eigenvalue weighted by Crippen LogP contribution is 2.34. The summed E-state index contributed by atoms with van der Waals surface area (Å²) >= 11 is 3.47. The number of hydrogen-bond acceptors (Lipinski definition) is 1. The second kappa shape index (κ2) is 6.86. The van der Waals surface area contributed by atoms with Crippen LogP contribution in [0.5, 0.6) is 0 Å². The van der Waals surface area contributed by atoms with E-state index in [-0.39, 0.29) is 5.92 Å². The van der Waals surface area contributed by atoms with E-state index in [2.05, 4.69) is 40.2 Å². The van der Waals surface area contributed by atoms with Crippen molar-refractivity contribution < 1.29 is 4.21 Å². The molecular formula is C17H20BrNOS. The predicted octanol–water partition coefficient (Wildman–Crippen LogP) is 4.37. The maximum Gasteiger partial charge on any atom is 0.0945 e. The van der Waals surface area contributed by atoms with Gasteiger partial charge in [-0.25, -0.2) is 4.21 Å². The fourth-order valence-corrected chi connectivity index (χ4v) is 2.98. The van der Waals surface area contributed by atoms with Crippen molar-refractivity contribution in [3.05, 3.63) is 70.2 Å². The standard InChI is InChI=1S/C17H20BrNOS/c1-17(2,21(19)20)12-16(13-6-4-3-5-7-13)14-8-10-15(18)11-9-14/h3-11,16H,12,19H2,1-2H3/t16-,21?/m0/s1. The van der Waals surface area contributed by atoms with E-state index in [9.17, 15) is 4.21 Å². The van der Waals surface area contributed by atoms with Crippen molar-refractivity contribution in [3.63, 3.8) is 0 Å². The first-order chi connectivity index (χ1) is 9.90. The molecule has 0 aromatic heterocycles. The van der Waals surface area contributed by atoms with Gasteiger partial charge in [0.05, 0.1) is 15.7 Å². The Morgan fingerprint density at radius 3 is 2.10 bits per heavy atom. The smallest absolute Gasteiger partial charge is 0.0945 e. The van der Waals surface area contributed by atoms with E-state index in [1.165, 1.54) is 11.1 Å². The van der Waals surface area contributed by atoms with Gasteiger partial charge >= 0.3 is 0 Å². The normalized spacial score (nSPS) is 14.7. The topological polar surface area (TPSA) is 43.1 Å². The van der Waals surface area contributed by atoms with Gasteiger partial charge in [0.15, 0.2) is 0 Å². The molecule has 2 N–H and O–H groups in total. The molecule has 0 spiro atoms. The Kier molecular flexibility index (Phi) is 5.36. The van der Waals surface area contributed by atoms with E-state index in [1.54, 1.807) is 0 Å². The summed E-state index contributed by atoms with van der Waals surface area (Å²) in [7, 11) is -1.36. The highest BCUT2D eigenvalue weighted by molar-refractivity contribution is 9.10. The first kappa shape index (κ1) is 16.4. The number of rotatable bonds is 5. The summed E-state index contributed by atoms with van der Waals surface area (Å²) in [5.74, 6) is 0.182. The molecule has 2 aromatic rings. The van der Waals surface area contributed by atoms with Crippen LogP contribution in [0.2, 0.25) is 0 Å². The summed E-state index contributed by atoms with van der Waals surface area (Å²) in [4.78, 5) is 0. The predicted molar refractivity (Wildman–Crippen MR) is 93.5 cm³/mol. The number of benzene rings is 2. The first-order valence-corrected chi connectivity index (χ1v) is 8.87. The zero-order valence-corrected chi connectivity index (χ0v) is 14.7. The van der Waals surface area contributed by atoms with Crippen molar-refractivity contribution in [2.24, 2.45) is 5.14 Å². The molecule has 4 heteroatoms. The molecule has 0 heterocycles. The molecule has 0 aliphatic carbocycles. The highest BCUT2D eigenvalue weighted by atomic mass is 79.9. The monoisotopic (exact) mass is 365 g/mol. The van der Waals surface area contributed by atoms with Gasteiger partial charge in [0.1, 0.15) is 0 Å². The molecule has 0 aliphatic rings. The van der Waals surface area contributed by atoms with Gasteiger partial charge in [0.25, 0.3) is 0 Å². The maximum atomic E-state index is 11.8. The molecule has 21 heavy (non-hydrogen) atoms. The lowest BCUT2D eigenvalue weighted by molar-refractivity contribution is 0.556. The van der Waals surface area contributed by atoms with Crippen molar-refractivity contribution in [1.29, 1.82) is 0 Å². The molecule has 0 saturated heterocycles. The zero-order chi connectivity index (χ0) is 15.5. The summed E-state index contributed by atoms with van der Waals surface area (Å²) in [6, 6.07) is 18.6. The van der Waals surface area contributed by atoms with Crippen LogP contribution in [0.3, 0.4) is 0 Å². The zero-order valence-electron chi connectivity index (χ0n) is 12.3. The number of hydrogen-bond donors (Lipinski definition) is 1. The molecular weight excluding hydrogens is 346 g/mol. The van der Waals surface area contributed by atoms with Crippen molar-refractivity contribution in [1.82, 2.24) is 0 Å². The summed E-state index contributed by atoms with van der Waals surface area (Å²) in [6.07, 6.45) is 0.738. The maximum absolute atomic E-state index is 11.8. The van der Waals surface area contributed by atoms with Crippen LogP contribution in [-0.4, -0.2) is 8.96 Å². The van der Waals surface area contributed by atoms with Crippen molar-refractivity contribution in [2.75, 3.05) is 0 Å². The van der Waals surface area contributed by atoms with Crippen molar-refractivity contribution in [3.8, 4) is 0 Å². The molecule has 2 aromatic carbocycles. The molecule has 0 fully saturated rings. The first-order valence-electron chi connectivity index (χ1n) is 6.87. The van der Waals surface area contributed by atoms with E-state index in [1.807, 2.05) is 44.2 Å². The van der Waals surface area contributed by atoms with Crippen LogP contribution in [0.1, 0.15) is 37.3 Å². The van der Waals surface area contributed by atoms with Gasteiger partial charge < -0.3 is 0 Å². The van der Waals surface area contributed by atoms with Gasteiger partial charge in [-0.1, -0.05) is 58.4 Å². The summed E-state index contributed by atoms with van der Waals surface area (Å²) in [5, 5.41) is 5.66. The van der Waals surface area contributed by atoms with Crippen LogP contribution >= 0.6 is 15.9 Å². The van der Waals surface area contributed by atoms with Crippen LogP contribution in [0, 0.1) is 0 Å². The van der Waals surface area contributed by atoms with Gasteiger partial charge in [-0.05, 0) is 43.5 Å². The largest absolute Gasteiger partial charge is 0.251 e. The van der Waals surface area contributed by atoms with Gasteiger partial charge in [-0.3, -0.25) is 5.14 Å². The molecule has 1 unspecified atom stereocenters. The van der Waals surface area contributed by atoms with Gasteiger partial charge in [0.2, 0.25) is 0 Å². The Morgan fingerprint density at radius 2 is 1.57 bits per heavy atom. The lowest BCUT2D eigenvalue weighted by Crippen LogP contribution is -2.34. The second-order valence-corrected chi connectivity index (χ2v) is 8.39. The van der Waals surface area contributed by atoms with Crippen LogP contribution in [-0.2, 0) is 11.0 Å². The number of halogens is 1. The van der Waals surface area contributed by atoms with E-state index < -0.39 is 15.7 Å². The fraction of sp³-hybridized carbons (Fsp3) is 0.294. The van der Waals surface area contributed by atoms with E-state index in [4.69, 9.17) is 5.14 Å². The third kappa shape index (κ3) is 4.25. The fourth-order valence-electron chi connectivity index (χ4n) is 2.38. The van der Waals surface area contributed by atoms with Crippen LogP contribution < -0.4 is 5.14 Å². The molecule has 0 saturated carbocycles. The van der Waals surface area contributed by atoms with Gasteiger partial charge in [-0.2, -0.15) is 0 Å². The van der Waals surface area contributed by atoms with Gasteiger partial charge in [-0.15, -0.1) is 0 Å². The van der Waals surface area contributed by atoms with Crippen LogP contribution in [0.25, 0.3) is 0 Å². The molecule has 0 aliphatic heterocycles. The van der Waals surface area contributed by atoms with Crippen molar-refractivity contribution in [2.45, 2.75) is 30.9 Å². The third-order valence-electron chi connectivity index (χ3n) is 3.71. The summed E-state index contributed by atoms with van der Waals surface area (Å²) in [6.45, 7) is 3.91. The van der Waals surface area contributed by atoms with Crippen LogP contribution in [0.15, 0.2) is 59.1 Å². The Morgan fingerprint density at radius 1 is 1.05 bits per heavy atom. The molecule has 0 amide bonds. The average Bonchev–Trinajstić information content (AvgIpc) is 2.47. The molecule has 2 rings (SSSR count). The Bertz CT molecular complexity index is 610. The van der Waals surface area contributed by atoms with Crippen molar-refractivity contribution >= 4 is 26.9 Å². The minimum absolute atomic E-state index is 0.182. The highest BCUT2D eigenvalue weighted by Gasteiger charge is 2.29. The minimum Gasteiger partial charge on any atom is -0.251 e. The minimum atomic E-state index is -1.36. The Hall–Kier alpha value is -0.970. The summed E-state index contributed by atoms with van der Waals surface area (Å²) < 4.78 is 12.4. The quantitative estimate of drug-likeness (QED) is 0.839. The Labute approximate surface area is 137 Å². The molecule has 0 bridgehead atoms. The lowest BCUT2D eigenvalue weighted by Gasteiger charge is -2.28. The second-order valence-electron chi connectivity index (χ2n) is 5.78. The number of nitrogens with two attached hydrogens (primary N) is 1. The molecule has 112 valence electrons. The van der Waals surface area contributed by atoms with E-state index >= 15 is 0 Å². The summed E-state index contributed by atoms with van der Waals surface area (Å²) in [5.41, 5.74) is 2.43. The van der Waals surface area contributed by atoms with Gasteiger partial charge in [0, 0.05) is 10.4 Å². The lowest BCUT2D eigenvalue weighted by atomic mass is 9.84. The Balaban J connectivity index is 2.40. The third-order valence-corrected chi connectivity index (χ3v) is 5.50. The molecule has 2 nitrogen and oxygen atoms in total. The molecule has 0 radical (unpaired) electrons. The van der Waals surface area contributed by atoms with E-state index in [0.29, 0.717) is 0 Å². The van der Waals surface area contributed by atoms with Crippen LogP contribution in [0.4, 0.5) is 0 Å². The molecule has 2 atom stereocenters.